The molecule has 6 heteroatoms. The molecule has 0 aliphatic heterocycles. The second-order valence-electron chi connectivity index (χ2n) is 5.42. The monoisotopic (exact) mass is 309 g/mol. The van der Waals surface area contributed by atoms with E-state index in [4.69, 9.17) is 10.5 Å². The number of hydrogen-bond donors (Lipinski definition) is 1. The molecule has 0 bridgehead atoms. The molecule has 0 fully saturated rings. The Kier molecular flexibility index (Phi) is 3.89. The Labute approximate surface area is 135 Å². The van der Waals surface area contributed by atoms with Crippen LogP contribution in [-0.4, -0.2) is 36.2 Å². The molecule has 0 radical (unpaired) electrons. The Morgan fingerprint density at radius 1 is 1.09 bits per heavy atom. The number of aromatic nitrogens is 3. The maximum absolute atomic E-state index is 5.86. The molecule has 0 saturated carbocycles. The maximum atomic E-state index is 5.86. The summed E-state index contributed by atoms with van der Waals surface area (Å²) < 4.78 is 7.03. The van der Waals surface area contributed by atoms with Gasteiger partial charge < -0.3 is 15.4 Å². The van der Waals surface area contributed by atoms with Crippen molar-refractivity contribution in [3.05, 3.63) is 48.7 Å². The summed E-state index contributed by atoms with van der Waals surface area (Å²) in [5.74, 6) is 0.693. The van der Waals surface area contributed by atoms with Crippen molar-refractivity contribution >= 4 is 11.4 Å². The summed E-state index contributed by atoms with van der Waals surface area (Å²) in [7, 11) is 5.64. The van der Waals surface area contributed by atoms with Crippen molar-refractivity contribution in [2.75, 3.05) is 31.8 Å². The summed E-state index contributed by atoms with van der Waals surface area (Å²) in [4.78, 5) is 2.05. The molecule has 1 heterocycles. The number of ether oxygens (including phenoxy) is 1. The zero-order valence-electron chi connectivity index (χ0n) is 13.4. The van der Waals surface area contributed by atoms with Gasteiger partial charge in [-0.1, -0.05) is 17.3 Å². The molecule has 3 rings (SSSR count). The number of nitrogen functional groups attached to an aromatic ring is 1. The molecule has 0 aliphatic rings. The van der Waals surface area contributed by atoms with Gasteiger partial charge in [0.15, 0.2) is 0 Å². The molecule has 118 valence electrons. The van der Waals surface area contributed by atoms with Gasteiger partial charge in [-0.3, -0.25) is 0 Å². The Bertz CT molecular complexity index is 808. The molecule has 0 aliphatic carbocycles. The first-order chi connectivity index (χ1) is 11.1. The second kappa shape index (κ2) is 6.00. The summed E-state index contributed by atoms with van der Waals surface area (Å²) in [6.07, 6.45) is 1.86. The Morgan fingerprint density at radius 2 is 1.83 bits per heavy atom. The van der Waals surface area contributed by atoms with E-state index in [9.17, 15) is 0 Å². The smallest absolute Gasteiger partial charge is 0.144 e. The van der Waals surface area contributed by atoms with Gasteiger partial charge in [-0.15, -0.1) is 5.10 Å². The SMILES string of the molecule is COc1ccc(N)cc1-n1cc(-c2ccc(N(C)C)cc2)nn1. The minimum Gasteiger partial charge on any atom is -0.494 e. The highest BCUT2D eigenvalue weighted by Crippen LogP contribution is 2.26. The van der Waals surface area contributed by atoms with Crippen molar-refractivity contribution in [3.8, 4) is 22.7 Å². The lowest BCUT2D eigenvalue weighted by molar-refractivity contribution is 0.411. The fourth-order valence-electron chi connectivity index (χ4n) is 2.33. The molecule has 23 heavy (non-hydrogen) atoms. The van der Waals surface area contributed by atoms with Gasteiger partial charge in [0.1, 0.15) is 17.1 Å². The third kappa shape index (κ3) is 2.96. The van der Waals surface area contributed by atoms with Crippen LogP contribution < -0.4 is 15.4 Å². The molecule has 2 aromatic carbocycles. The third-order valence-electron chi connectivity index (χ3n) is 3.62. The van der Waals surface area contributed by atoms with E-state index in [1.54, 1.807) is 17.9 Å². The van der Waals surface area contributed by atoms with Crippen molar-refractivity contribution < 1.29 is 4.74 Å². The van der Waals surface area contributed by atoms with Gasteiger partial charge in [0.2, 0.25) is 0 Å². The quantitative estimate of drug-likeness (QED) is 0.750. The number of benzene rings is 2. The molecular weight excluding hydrogens is 290 g/mol. The standard InChI is InChI=1S/C17H19N5O/c1-21(2)14-7-4-12(5-8-14)15-11-22(20-19-15)16-10-13(18)6-9-17(16)23-3/h4-11H,18H2,1-3H3. The fraction of sp³-hybridized carbons (Fsp3) is 0.176. The predicted molar refractivity (Wildman–Crippen MR) is 92.1 cm³/mol. The van der Waals surface area contributed by atoms with Crippen molar-refractivity contribution in [2.24, 2.45) is 0 Å². The molecule has 3 aromatic rings. The van der Waals surface area contributed by atoms with Gasteiger partial charge in [-0.25, -0.2) is 4.68 Å². The van der Waals surface area contributed by atoms with Gasteiger partial charge in [0.25, 0.3) is 0 Å². The van der Waals surface area contributed by atoms with Crippen LogP contribution in [0.5, 0.6) is 5.75 Å². The van der Waals surface area contributed by atoms with Crippen LogP contribution in [0.15, 0.2) is 48.7 Å². The highest BCUT2D eigenvalue weighted by atomic mass is 16.5. The van der Waals surface area contributed by atoms with E-state index < -0.39 is 0 Å². The van der Waals surface area contributed by atoms with E-state index >= 15 is 0 Å². The first-order valence-electron chi connectivity index (χ1n) is 7.22. The van der Waals surface area contributed by atoms with E-state index in [1.165, 1.54) is 0 Å². The second-order valence-corrected chi connectivity index (χ2v) is 5.42. The molecule has 0 spiro atoms. The van der Waals surface area contributed by atoms with E-state index in [0.29, 0.717) is 11.4 Å². The summed E-state index contributed by atoms with van der Waals surface area (Å²) in [6.45, 7) is 0. The predicted octanol–water partition coefficient (Wildman–Crippen LogP) is 2.59. The molecule has 6 nitrogen and oxygen atoms in total. The van der Waals surface area contributed by atoms with Crippen molar-refractivity contribution in [1.29, 1.82) is 0 Å². The van der Waals surface area contributed by atoms with Gasteiger partial charge in [-0.05, 0) is 30.3 Å². The van der Waals surface area contributed by atoms with Gasteiger partial charge in [0.05, 0.1) is 13.3 Å². The van der Waals surface area contributed by atoms with Crippen LogP contribution in [-0.2, 0) is 0 Å². The molecule has 1 aromatic heterocycles. The lowest BCUT2D eigenvalue weighted by Crippen LogP contribution is -2.07. The number of methoxy groups -OCH3 is 1. The minimum absolute atomic E-state index is 0.646. The van der Waals surface area contributed by atoms with E-state index in [1.807, 2.05) is 44.6 Å². The van der Waals surface area contributed by atoms with Gasteiger partial charge in [0, 0.05) is 31.0 Å². The average molecular weight is 309 g/mol. The molecule has 0 saturated heterocycles. The highest BCUT2D eigenvalue weighted by molar-refractivity contribution is 5.63. The normalized spacial score (nSPS) is 10.6. The summed E-state index contributed by atoms with van der Waals surface area (Å²) >= 11 is 0. The Morgan fingerprint density at radius 3 is 2.48 bits per heavy atom. The Balaban J connectivity index is 1.96. The first-order valence-corrected chi connectivity index (χ1v) is 7.22. The zero-order chi connectivity index (χ0) is 16.4. The number of hydrogen-bond acceptors (Lipinski definition) is 5. The largest absolute Gasteiger partial charge is 0.494 e. The topological polar surface area (TPSA) is 69.2 Å². The molecule has 2 N–H and O–H groups in total. The molecule has 0 unspecified atom stereocenters. The van der Waals surface area contributed by atoms with Gasteiger partial charge >= 0.3 is 0 Å². The zero-order valence-corrected chi connectivity index (χ0v) is 13.4. The van der Waals surface area contributed by atoms with Crippen LogP contribution in [0.4, 0.5) is 11.4 Å². The van der Waals surface area contributed by atoms with Crippen molar-refractivity contribution in [3.63, 3.8) is 0 Å². The average Bonchev–Trinajstić information content (AvgIpc) is 3.04. The number of nitrogens with zero attached hydrogens (tertiary/aromatic N) is 4. The lowest BCUT2D eigenvalue weighted by Gasteiger charge is -2.12. The van der Waals surface area contributed by atoms with Crippen molar-refractivity contribution in [1.82, 2.24) is 15.0 Å². The van der Waals surface area contributed by atoms with Crippen LogP contribution >= 0.6 is 0 Å². The van der Waals surface area contributed by atoms with E-state index in [0.717, 1.165) is 22.6 Å². The van der Waals surface area contributed by atoms with Crippen LogP contribution in [0.1, 0.15) is 0 Å². The van der Waals surface area contributed by atoms with Gasteiger partial charge in [-0.2, -0.15) is 0 Å². The highest BCUT2D eigenvalue weighted by Gasteiger charge is 2.10. The first kappa shape index (κ1) is 14.9. The van der Waals surface area contributed by atoms with Crippen molar-refractivity contribution in [2.45, 2.75) is 0 Å². The van der Waals surface area contributed by atoms with E-state index in [2.05, 4.69) is 27.3 Å². The minimum atomic E-state index is 0.646. The molecular formula is C17H19N5O. The van der Waals surface area contributed by atoms with Crippen LogP contribution in [0.3, 0.4) is 0 Å². The lowest BCUT2D eigenvalue weighted by atomic mass is 10.1. The van der Waals surface area contributed by atoms with Crippen LogP contribution in [0, 0.1) is 0 Å². The van der Waals surface area contributed by atoms with Crippen LogP contribution in [0.2, 0.25) is 0 Å². The maximum Gasteiger partial charge on any atom is 0.144 e. The Hall–Kier alpha value is -3.02. The summed E-state index contributed by atoms with van der Waals surface area (Å²) in [5, 5.41) is 8.44. The summed E-state index contributed by atoms with van der Waals surface area (Å²) in [6, 6.07) is 13.6. The molecule has 0 atom stereocenters. The number of anilines is 2. The van der Waals surface area contributed by atoms with Crippen LogP contribution in [0.25, 0.3) is 16.9 Å². The third-order valence-corrected chi connectivity index (χ3v) is 3.62. The molecule has 0 amide bonds. The fourth-order valence-corrected chi connectivity index (χ4v) is 2.33. The van der Waals surface area contributed by atoms with E-state index in [-0.39, 0.29) is 0 Å². The number of rotatable bonds is 4. The summed E-state index contributed by atoms with van der Waals surface area (Å²) in [5.41, 5.74) is 10.2. The number of nitrogens with two attached hydrogens (primary N) is 1.